The van der Waals surface area contributed by atoms with E-state index in [-0.39, 0.29) is 10.1 Å². The quantitative estimate of drug-likeness (QED) is 0.466. The molecule has 0 aliphatic heterocycles. The van der Waals surface area contributed by atoms with Crippen LogP contribution in [0, 0.1) is 13.2 Å². The zero-order valence-electron chi connectivity index (χ0n) is 2.91. The lowest BCUT2D eigenvalue weighted by Crippen LogP contribution is -1.58. The Morgan fingerprint density at radius 1 is 1.00 bits per heavy atom. The Morgan fingerprint density at radius 2 is 1.17 bits per heavy atom. The van der Waals surface area contributed by atoms with Crippen molar-refractivity contribution < 1.29 is 0 Å². The average molecular weight is 121 g/mol. The molecule has 0 aliphatic carbocycles. The van der Waals surface area contributed by atoms with Crippen molar-refractivity contribution in [2.24, 2.45) is 0 Å². The lowest BCUT2D eigenvalue weighted by atomic mass is 10.6. The Hall–Kier alpha value is 0.0600. The molecule has 0 saturated carbocycles. The number of hydrogen-bond acceptors (Lipinski definition) is 0. The molecule has 6 heavy (non-hydrogen) atoms. The van der Waals surface area contributed by atoms with Crippen molar-refractivity contribution in [3.63, 3.8) is 0 Å². The minimum atomic E-state index is -0.0586. The standard InChI is InChI=1S/C4H2Cl2/c1-3(5)4(2)6/h1-2H. The zero-order chi connectivity index (χ0) is 5.15. The highest BCUT2D eigenvalue weighted by Crippen LogP contribution is 2.11. The maximum Gasteiger partial charge on any atom is 0.0592 e. The first-order chi connectivity index (χ1) is 2.64. The van der Waals surface area contributed by atoms with Crippen LogP contribution in [0.2, 0.25) is 0 Å². The van der Waals surface area contributed by atoms with Gasteiger partial charge in [0.1, 0.15) is 0 Å². The first-order valence-corrected chi connectivity index (χ1v) is 1.96. The summed E-state index contributed by atoms with van der Waals surface area (Å²) in [4.78, 5) is 0. The summed E-state index contributed by atoms with van der Waals surface area (Å²) < 4.78 is 0. The van der Waals surface area contributed by atoms with Gasteiger partial charge in [-0.1, -0.05) is 23.2 Å². The fourth-order valence-electron chi connectivity index (χ4n) is 0. The van der Waals surface area contributed by atoms with Crippen LogP contribution in [-0.4, -0.2) is 0 Å². The lowest BCUT2D eigenvalue weighted by molar-refractivity contribution is 1.89. The van der Waals surface area contributed by atoms with E-state index < -0.39 is 0 Å². The minimum Gasteiger partial charge on any atom is -0.0827 e. The van der Waals surface area contributed by atoms with Gasteiger partial charge in [-0.05, 0) is 13.2 Å². The third-order valence-electron chi connectivity index (χ3n) is 0.228. The molecule has 0 nitrogen and oxygen atoms in total. The van der Waals surface area contributed by atoms with Crippen LogP contribution in [0.1, 0.15) is 0 Å². The normalized spacial score (nSPS) is 7.67. The molecule has 0 unspecified atom stereocenters. The van der Waals surface area contributed by atoms with E-state index in [4.69, 9.17) is 36.4 Å². The first-order valence-electron chi connectivity index (χ1n) is 1.21. The topological polar surface area (TPSA) is 0 Å². The molecular weight excluding hydrogens is 119 g/mol. The van der Waals surface area contributed by atoms with Crippen molar-refractivity contribution in [3.8, 4) is 0 Å². The summed E-state index contributed by atoms with van der Waals surface area (Å²) in [5.74, 6) is 0. The van der Waals surface area contributed by atoms with E-state index in [1.807, 2.05) is 0 Å². The molecule has 0 aromatic rings. The van der Waals surface area contributed by atoms with Gasteiger partial charge in [0.25, 0.3) is 0 Å². The summed E-state index contributed by atoms with van der Waals surface area (Å²) in [6, 6.07) is 0. The Balaban J connectivity index is 3.57. The van der Waals surface area contributed by atoms with Gasteiger partial charge in [-0.2, -0.15) is 0 Å². The van der Waals surface area contributed by atoms with Crippen LogP contribution in [0.5, 0.6) is 0 Å². The highest BCUT2D eigenvalue weighted by molar-refractivity contribution is 6.43. The van der Waals surface area contributed by atoms with Crippen LogP contribution in [-0.2, 0) is 0 Å². The maximum absolute atomic E-state index is 5.01. The van der Waals surface area contributed by atoms with Gasteiger partial charge in [-0.25, -0.2) is 0 Å². The Bertz CT molecular complexity index is 71.5. The molecular formula is C4H2Cl2. The number of rotatable bonds is 1. The van der Waals surface area contributed by atoms with Gasteiger partial charge in [0.2, 0.25) is 0 Å². The predicted molar refractivity (Wildman–Crippen MR) is 27.3 cm³/mol. The largest absolute Gasteiger partial charge is 0.0827 e. The highest BCUT2D eigenvalue weighted by atomic mass is 35.5. The zero-order valence-corrected chi connectivity index (χ0v) is 4.42. The van der Waals surface area contributed by atoms with Crippen LogP contribution in [0.15, 0.2) is 10.1 Å². The molecule has 0 amide bonds. The van der Waals surface area contributed by atoms with E-state index >= 15 is 0 Å². The van der Waals surface area contributed by atoms with Crippen LogP contribution >= 0.6 is 23.2 Å². The number of halogens is 2. The van der Waals surface area contributed by atoms with Crippen LogP contribution in [0.4, 0.5) is 0 Å². The maximum atomic E-state index is 5.01. The fraction of sp³-hybridized carbons (Fsp3) is 0. The number of hydrogen-bond donors (Lipinski definition) is 0. The molecule has 0 bridgehead atoms. The monoisotopic (exact) mass is 120 g/mol. The molecule has 0 spiro atoms. The second-order valence-electron chi connectivity index (χ2n) is 0.696. The summed E-state index contributed by atoms with van der Waals surface area (Å²) in [6.45, 7) is 9.65. The third kappa shape index (κ3) is 2.31. The van der Waals surface area contributed by atoms with Crippen molar-refractivity contribution in [2.75, 3.05) is 0 Å². The molecule has 2 heteroatoms. The second-order valence-corrected chi connectivity index (χ2v) is 1.51. The average Bonchev–Trinajstić information content (AvgIpc) is 1.36. The van der Waals surface area contributed by atoms with Crippen molar-refractivity contribution in [2.45, 2.75) is 0 Å². The van der Waals surface area contributed by atoms with Gasteiger partial charge in [-0.3, -0.25) is 0 Å². The van der Waals surface area contributed by atoms with Crippen molar-refractivity contribution in [1.29, 1.82) is 0 Å². The van der Waals surface area contributed by atoms with E-state index in [0.717, 1.165) is 0 Å². The van der Waals surface area contributed by atoms with Gasteiger partial charge >= 0.3 is 0 Å². The van der Waals surface area contributed by atoms with Crippen molar-refractivity contribution >= 4 is 23.2 Å². The van der Waals surface area contributed by atoms with Crippen LogP contribution in [0.25, 0.3) is 0 Å². The second kappa shape index (κ2) is 2.27. The Kier molecular flexibility index (Phi) is 2.29. The molecule has 0 atom stereocenters. The molecule has 2 radical (unpaired) electrons. The predicted octanol–water partition coefficient (Wildman–Crippen LogP) is 2.10. The molecule has 0 fully saturated rings. The minimum absolute atomic E-state index is 0.0586. The van der Waals surface area contributed by atoms with Gasteiger partial charge in [-0.15, -0.1) is 0 Å². The van der Waals surface area contributed by atoms with Crippen molar-refractivity contribution in [1.82, 2.24) is 0 Å². The molecule has 0 saturated heterocycles. The van der Waals surface area contributed by atoms with Gasteiger partial charge in [0.05, 0.1) is 10.1 Å². The van der Waals surface area contributed by atoms with Crippen molar-refractivity contribution in [3.05, 3.63) is 23.2 Å². The summed E-state index contributed by atoms with van der Waals surface area (Å²) in [5, 5.41) is -0.117. The Labute approximate surface area is 47.1 Å². The van der Waals surface area contributed by atoms with Gasteiger partial charge < -0.3 is 0 Å². The lowest BCUT2D eigenvalue weighted by Gasteiger charge is -1.80. The van der Waals surface area contributed by atoms with Crippen LogP contribution in [0.3, 0.4) is 0 Å². The van der Waals surface area contributed by atoms with E-state index in [0.29, 0.717) is 0 Å². The van der Waals surface area contributed by atoms with Crippen LogP contribution < -0.4 is 0 Å². The summed E-state index contributed by atoms with van der Waals surface area (Å²) in [6.07, 6.45) is 0. The van der Waals surface area contributed by atoms with Gasteiger partial charge in [0.15, 0.2) is 0 Å². The molecule has 32 valence electrons. The molecule has 0 aliphatic rings. The molecule has 0 aromatic carbocycles. The molecule has 0 aromatic heterocycles. The van der Waals surface area contributed by atoms with Gasteiger partial charge in [0, 0.05) is 0 Å². The fourth-order valence-corrected chi connectivity index (χ4v) is 0. The summed E-state index contributed by atoms with van der Waals surface area (Å²) in [7, 11) is 0. The van der Waals surface area contributed by atoms with E-state index in [9.17, 15) is 0 Å². The first kappa shape index (κ1) is 6.06. The summed E-state index contributed by atoms with van der Waals surface area (Å²) in [5.41, 5.74) is 0. The SMILES string of the molecule is [CH]=C(Cl)C(=[CH])Cl. The van der Waals surface area contributed by atoms with E-state index in [1.165, 1.54) is 0 Å². The highest BCUT2D eigenvalue weighted by Gasteiger charge is 1.85. The third-order valence-corrected chi connectivity index (χ3v) is 0.732. The van der Waals surface area contributed by atoms with E-state index in [2.05, 4.69) is 0 Å². The van der Waals surface area contributed by atoms with E-state index in [1.54, 1.807) is 0 Å². The molecule has 0 rings (SSSR count). The smallest absolute Gasteiger partial charge is 0.0592 e. The summed E-state index contributed by atoms with van der Waals surface area (Å²) >= 11 is 10.0. The number of allylic oxidation sites excluding steroid dienone is 2. The Morgan fingerprint density at radius 3 is 1.17 bits per heavy atom. The molecule has 0 heterocycles. The molecule has 0 N–H and O–H groups in total.